The predicted octanol–water partition coefficient (Wildman–Crippen LogP) is 1.89. The zero-order valence-electron chi connectivity index (χ0n) is 14.6. The van der Waals surface area contributed by atoms with Crippen molar-refractivity contribution < 1.29 is 14.4 Å². The Bertz CT molecular complexity index is 478. The first kappa shape index (κ1) is 17.8. The highest BCUT2D eigenvalue weighted by Gasteiger charge is 2.39. The van der Waals surface area contributed by atoms with E-state index in [9.17, 15) is 14.4 Å². The predicted molar refractivity (Wildman–Crippen MR) is 87.6 cm³/mol. The lowest BCUT2D eigenvalue weighted by Crippen LogP contribution is -2.48. The summed E-state index contributed by atoms with van der Waals surface area (Å²) in [7, 11) is 0. The molecule has 1 saturated carbocycles. The summed E-state index contributed by atoms with van der Waals surface area (Å²) in [6, 6.07) is -0.816. The van der Waals surface area contributed by atoms with Crippen LogP contribution in [0.15, 0.2) is 0 Å². The summed E-state index contributed by atoms with van der Waals surface area (Å²) in [6.07, 6.45) is 3.86. The Balaban J connectivity index is 1.89. The van der Waals surface area contributed by atoms with E-state index >= 15 is 0 Å². The maximum atomic E-state index is 12.3. The maximum absolute atomic E-state index is 12.3. The molecule has 4 amide bonds. The van der Waals surface area contributed by atoms with Gasteiger partial charge in [0, 0.05) is 6.04 Å². The number of hydrogen-bond acceptors (Lipinski definition) is 3. The number of rotatable bonds is 5. The molecular weight excluding hydrogens is 294 g/mol. The molecule has 2 rings (SSSR count). The number of amides is 4. The largest absolute Gasteiger partial charge is 0.352 e. The van der Waals surface area contributed by atoms with E-state index in [0.29, 0.717) is 24.2 Å². The summed E-state index contributed by atoms with van der Waals surface area (Å²) < 4.78 is 0. The third kappa shape index (κ3) is 4.24. The fraction of sp³-hybridized carbons (Fsp3) is 0.824. The zero-order chi connectivity index (χ0) is 17.1. The molecule has 0 bridgehead atoms. The minimum Gasteiger partial charge on any atom is -0.352 e. The van der Waals surface area contributed by atoms with Crippen LogP contribution in [-0.2, 0) is 9.59 Å². The molecule has 1 heterocycles. The number of nitrogens with zero attached hydrogens (tertiary/aromatic N) is 1. The second kappa shape index (κ2) is 7.32. The molecule has 1 aliphatic carbocycles. The fourth-order valence-electron chi connectivity index (χ4n) is 3.54. The molecule has 1 saturated heterocycles. The maximum Gasteiger partial charge on any atom is 0.325 e. The van der Waals surface area contributed by atoms with Gasteiger partial charge in [0.2, 0.25) is 5.91 Å². The lowest BCUT2D eigenvalue weighted by molar-refractivity contribution is -0.133. The van der Waals surface area contributed by atoms with Crippen molar-refractivity contribution in [3.05, 3.63) is 0 Å². The van der Waals surface area contributed by atoms with Gasteiger partial charge in [0.05, 0.1) is 0 Å². The molecule has 4 unspecified atom stereocenters. The molecule has 4 atom stereocenters. The molecule has 1 aliphatic heterocycles. The number of urea groups is 1. The van der Waals surface area contributed by atoms with E-state index < -0.39 is 12.1 Å². The van der Waals surface area contributed by atoms with Crippen LogP contribution in [0.1, 0.15) is 53.4 Å². The molecule has 2 aliphatic rings. The molecule has 2 fully saturated rings. The van der Waals surface area contributed by atoms with Gasteiger partial charge in [0.15, 0.2) is 0 Å². The molecule has 0 radical (unpaired) electrons. The summed E-state index contributed by atoms with van der Waals surface area (Å²) in [5.74, 6) is 0.779. The summed E-state index contributed by atoms with van der Waals surface area (Å²) in [5, 5.41) is 5.68. The van der Waals surface area contributed by atoms with Crippen molar-refractivity contribution in [2.75, 3.05) is 6.54 Å². The highest BCUT2D eigenvalue weighted by Crippen LogP contribution is 2.29. The molecule has 0 aromatic carbocycles. The number of imide groups is 1. The summed E-state index contributed by atoms with van der Waals surface area (Å²) >= 11 is 0. The van der Waals surface area contributed by atoms with E-state index in [1.165, 1.54) is 6.42 Å². The minimum absolute atomic E-state index is 0.137. The van der Waals surface area contributed by atoms with E-state index in [2.05, 4.69) is 24.5 Å². The van der Waals surface area contributed by atoms with Crippen molar-refractivity contribution in [1.82, 2.24) is 15.5 Å². The van der Waals surface area contributed by atoms with E-state index in [-0.39, 0.29) is 24.4 Å². The van der Waals surface area contributed by atoms with E-state index in [4.69, 9.17) is 0 Å². The van der Waals surface area contributed by atoms with Crippen LogP contribution in [0.2, 0.25) is 0 Å². The molecule has 0 aromatic rings. The smallest absolute Gasteiger partial charge is 0.325 e. The molecule has 6 heteroatoms. The second-order valence-electron chi connectivity index (χ2n) is 7.50. The lowest BCUT2D eigenvalue weighted by Gasteiger charge is -2.34. The van der Waals surface area contributed by atoms with Gasteiger partial charge < -0.3 is 10.6 Å². The highest BCUT2D eigenvalue weighted by atomic mass is 16.2. The van der Waals surface area contributed by atoms with Crippen LogP contribution in [0.5, 0.6) is 0 Å². The van der Waals surface area contributed by atoms with Gasteiger partial charge in [-0.1, -0.05) is 40.5 Å². The lowest BCUT2D eigenvalue weighted by atomic mass is 9.78. The van der Waals surface area contributed by atoms with Crippen molar-refractivity contribution in [1.29, 1.82) is 0 Å². The molecule has 130 valence electrons. The summed E-state index contributed by atoms with van der Waals surface area (Å²) in [4.78, 5) is 37.5. The zero-order valence-corrected chi connectivity index (χ0v) is 14.6. The van der Waals surface area contributed by atoms with Gasteiger partial charge in [-0.05, 0) is 30.6 Å². The SMILES string of the molecule is CC(C)CC1NC(=O)N(CC(=O)NC2CCCC(C)C2C)C1=O. The molecule has 2 N–H and O–H groups in total. The normalized spacial score (nSPS) is 31.4. The highest BCUT2D eigenvalue weighted by molar-refractivity contribution is 6.06. The summed E-state index contributed by atoms with van der Waals surface area (Å²) in [5.41, 5.74) is 0. The Kier molecular flexibility index (Phi) is 5.65. The van der Waals surface area contributed by atoms with E-state index in [0.717, 1.165) is 17.7 Å². The molecular formula is C17H29N3O3. The monoisotopic (exact) mass is 323 g/mol. The van der Waals surface area contributed by atoms with Crippen LogP contribution >= 0.6 is 0 Å². The summed E-state index contributed by atoms with van der Waals surface area (Å²) in [6.45, 7) is 8.18. The topological polar surface area (TPSA) is 78.5 Å². The van der Waals surface area contributed by atoms with Gasteiger partial charge >= 0.3 is 6.03 Å². The third-order valence-electron chi connectivity index (χ3n) is 5.17. The first-order chi connectivity index (χ1) is 10.8. The Morgan fingerprint density at radius 3 is 2.65 bits per heavy atom. The quantitative estimate of drug-likeness (QED) is 0.758. The van der Waals surface area contributed by atoms with Crippen LogP contribution in [0.25, 0.3) is 0 Å². The Morgan fingerprint density at radius 2 is 2.00 bits per heavy atom. The minimum atomic E-state index is -0.496. The number of carbonyl (C=O) groups excluding carboxylic acids is 3. The van der Waals surface area contributed by atoms with Gasteiger partial charge in [-0.2, -0.15) is 0 Å². The third-order valence-corrected chi connectivity index (χ3v) is 5.17. The number of hydrogen-bond donors (Lipinski definition) is 2. The van der Waals surface area contributed by atoms with Crippen molar-refractivity contribution >= 4 is 17.8 Å². The number of carbonyl (C=O) groups is 3. The second-order valence-corrected chi connectivity index (χ2v) is 7.50. The molecule has 23 heavy (non-hydrogen) atoms. The molecule has 6 nitrogen and oxygen atoms in total. The van der Waals surface area contributed by atoms with Crippen LogP contribution in [0.4, 0.5) is 4.79 Å². The Morgan fingerprint density at radius 1 is 1.30 bits per heavy atom. The average Bonchev–Trinajstić information content (AvgIpc) is 2.71. The Hall–Kier alpha value is -1.59. The van der Waals surface area contributed by atoms with Gasteiger partial charge in [-0.25, -0.2) is 4.79 Å². The fourth-order valence-corrected chi connectivity index (χ4v) is 3.54. The van der Waals surface area contributed by atoms with Crippen LogP contribution in [0, 0.1) is 17.8 Å². The first-order valence-electron chi connectivity index (χ1n) is 8.70. The van der Waals surface area contributed by atoms with Gasteiger partial charge in [0.1, 0.15) is 12.6 Å². The van der Waals surface area contributed by atoms with Crippen molar-refractivity contribution in [2.45, 2.75) is 65.5 Å². The van der Waals surface area contributed by atoms with E-state index in [1.807, 2.05) is 13.8 Å². The van der Waals surface area contributed by atoms with Crippen LogP contribution < -0.4 is 10.6 Å². The van der Waals surface area contributed by atoms with Crippen LogP contribution in [-0.4, -0.2) is 41.4 Å². The average molecular weight is 323 g/mol. The number of nitrogens with one attached hydrogen (secondary N) is 2. The van der Waals surface area contributed by atoms with Crippen molar-refractivity contribution in [2.24, 2.45) is 17.8 Å². The molecule has 0 spiro atoms. The standard InChI is InChI=1S/C17H29N3O3/c1-10(2)8-14-16(22)20(17(23)19-14)9-15(21)18-13-7-5-6-11(3)12(13)4/h10-14H,5-9H2,1-4H3,(H,18,21)(H,19,23). The molecule has 0 aromatic heterocycles. The van der Waals surface area contributed by atoms with Crippen LogP contribution in [0.3, 0.4) is 0 Å². The van der Waals surface area contributed by atoms with Gasteiger partial charge in [0.25, 0.3) is 5.91 Å². The Labute approximate surface area is 138 Å². The first-order valence-corrected chi connectivity index (χ1v) is 8.70. The van der Waals surface area contributed by atoms with E-state index in [1.54, 1.807) is 0 Å². The van der Waals surface area contributed by atoms with Gasteiger partial charge in [-0.15, -0.1) is 0 Å². The van der Waals surface area contributed by atoms with Crippen molar-refractivity contribution in [3.8, 4) is 0 Å². The van der Waals surface area contributed by atoms with Gasteiger partial charge in [-0.3, -0.25) is 14.5 Å². The van der Waals surface area contributed by atoms with Crippen molar-refractivity contribution in [3.63, 3.8) is 0 Å².